The van der Waals surface area contributed by atoms with Crippen molar-refractivity contribution < 1.29 is 8.42 Å². The number of nitrogens with two attached hydrogens (primary N) is 1. The van der Waals surface area contributed by atoms with Gasteiger partial charge in [-0.2, -0.15) is 0 Å². The molecule has 1 aliphatic carbocycles. The van der Waals surface area contributed by atoms with Gasteiger partial charge in [-0.05, 0) is 65.7 Å². The van der Waals surface area contributed by atoms with E-state index in [1.54, 1.807) is 6.07 Å². The number of allylic oxidation sites excluding steroid dienone is 2. The lowest BCUT2D eigenvalue weighted by Crippen LogP contribution is -2.20. The van der Waals surface area contributed by atoms with Crippen LogP contribution < -0.4 is 10.5 Å². The summed E-state index contributed by atoms with van der Waals surface area (Å²) in [5.41, 5.74) is 2.34. The van der Waals surface area contributed by atoms with Gasteiger partial charge in [0.25, 0.3) is 0 Å². The summed E-state index contributed by atoms with van der Waals surface area (Å²) < 4.78 is 23.3. The molecule has 2 rings (SSSR count). The standard InChI is InChI=1S/C15H21BrN2O2S/c1-10-5-11(2)7-12(6-10)9-18-15-4-3-13(8-14(15)16)21(17,19)20/h3-5,8,10,12,18H,6-7,9H2,1-2H3,(H2,17,19,20). The molecule has 2 unspecified atom stereocenters. The Labute approximate surface area is 135 Å². The van der Waals surface area contributed by atoms with Crippen LogP contribution in [-0.4, -0.2) is 15.0 Å². The summed E-state index contributed by atoms with van der Waals surface area (Å²) >= 11 is 3.39. The van der Waals surface area contributed by atoms with Crippen LogP contribution >= 0.6 is 15.9 Å². The molecule has 2 atom stereocenters. The van der Waals surface area contributed by atoms with Crippen molar-refractivity contribution in [3.63, 3.8) is 0 Å². The van der Waals surface area contributed by atoms with Gasteiger partial charge in [0.2, 0.25) is 10.0 Å². The maximum absolute atomic E-state index is 11.3. The number of primary sulfonamides is 1. The summed E-state index contributed by atoms with van der Waals surface area (Å²) in [6.07, 6.45) is 4.63. The van der Waals surface area contributed by atoms with Crippen LogP contribution in [-0.2, 0) is 10.0 Å². The highest BCUT2D eigenvalue weighted by Gasteiger charge is 2.18. The molecule has 0 fully saturated rings. The Morgan fingerprint density at radius 3 is 2.71 bits per heavy atom. The highest BCUT2D eigenvalue weighted by molar-refractivity contribution is 9.10. The molecule has 21 heavy (non-hydrogen) atoms. The van der Waals surface area contributed by atoms with E-state index in [1.807, 2.05) is 0 Å². The second kappa shape index (κ2) is 6.50. The highest BCUT2D eigenvalue weighted by atomic mass is 79.9. The predicted octanol–water partition coefficient (Wildman–Crippen LogP) is 3.50. The van der Waals surface area contributed by atoms with Gasteiger partial charge in [-0.15, -0.1) is 0 Å². The molecule has 116 valence electrons. The zero-order valence-corrected chi connectivity index (χ0v) is 14.7. The van der Waals surface area contributed by atoms with Gasteiger partial charge in [0.05, 0.1) is 4.90 Å². The maximum atomic E-state index is 11.3. The summed E-state index contributed by atoms with van der Waals surface area (Å²) in [7, 11) is -3.66. The van der Waals surface area contributed by atoms with Crippen LogP contribution in [0.2, 0.25) is 0 Å². The smallest absolute Gasteiger partial charge is 0.238 e. The molecule has 0 heterocycles. The molecular formula is C15H21BrN2O2S. The number of benzene rings is 1. The Balaban J connectivity index is 2.03. The first-order valence-corrected chi connectivity index (χ1v) is 9.33. The Morgan fingerprint density at radius 2 is 2.14 bits per heavy atom. The van der Waals surface area contributed by atoms with Crippen LogP contribution in [0.5, 0.6) is 0 Å². The van der Waals surface area contributed by atoms with Crippen LogP contribution in [0.4, 0.5) is 5.69 Å². The minimum Gasteiger partial charge on any atom is -0.384 e. The summed E-state index contributed by atoms with van der Waals surface area (Å²) in [6.45, 7) is 5.30. The summed E-state index contributed by atoms with van der Waals surface area (Å²) in [4.78, 5) is 0.116. The molecule has 0 aliphatic heterocycles. The monoisotopic (exact) mass is 372 g/mol. The van der Waals surface area contributed by atoms with Gasteiger partial charge in [-0.1, -0.05) is 18.6 Å². The van der Waals surface area contributed by atoms with Crippen LogP contribution in [0, 0.1) is 11.8 Å². The van der Waals surface area contributed by atoms with Crippen molar-refractivity contribution >= 4 is 31.6 Å². The molecule has 0 bridgehead atoms. The first kappa shape index (κ1) is 16.5. The Hall–Kier alpha value is -0.850. The van der Waals surface area contributed by atoms with Crippen LogP contribution in [0.1, 0.15) is 26.7 Å². The zero-order valence-electron chi connectivity index (χ0n) is 12.3. The van der Waals surface area contributed by atoms with E-state index in [4.69, 9.17) is 5.14 Å². The molecule has 1 aromatic carbocycles. The largest absolute Gasteiger partial charge is 0.384 e. The van der Waals surface area contributed by atoms with Gasteiger partial charge in [0.15, 0.2) is 0 Å². The van der Waals surface area contributed by atoms with E-state index >= 15 is 0 Å². The van der Waals surface area contributed by atoms with Crippen molar-refractivity contribution in [2.75, 3.05) is 11.9 Å². The predicted molar refractivity (Wildman–Crippen MR) is 89.6 cm³/mol. The Morgan fingerprint density at radius 1 is 1.43 bits per heavy atom. The number of hydrogen-bond acceptors (Lipinski definition) is 3. The first-order valence-electron chi connectivity index (χ1n) is 6.99. The molecule has 3 N–H and O–H groups in total. The first-order chi connectivity index (χ1) is 9.75. The Kier molecular flexibility index (Phi) is 5.11. The van der Waals surface area contributed by atoms with Crippen molar-refractivity contribution in [2.45, 2.75) is 31.6 Å². The van der Waals surface area contributed by atoms with Crippen LogP contribution in [0.3, 0.4) is 0 Å². The van der Waals surface area contributed by atoms with Crippen molar-refractivity contribution in [1.82, 2.24) is 0 Å². The molecule has 0 saturated heterocycles. The van der Waals surface area contributed by atoms with Crippen LogP contribution in [0.15, 0.2) is 39.2 Å². The van der Waals surface area contributed by atoms with E-state index in [1.165, 1.54) is 24.1 Å². The number of hydrogen-bond donors (Lipinski definition) is 2. The maximum Gasteiger partial charge on any atom is 0.238 e. The van der Waals surface area contributed by atoms with Gasteiger partial charge in [0, 0.05) is 16.7 Å². The molecule has 0 spiro atoms. The third-order valence-corrected chi connectivity index (χ3v) is 5.30. The normalized spacial score (nSPS) is 22.8. The van der Waals surface area contributed by atoms with Gasteiger partial charge in [0.1, 0.15) is 0 Å². The van der Waals surface area contributed by atoms with Gasteiger partial charge >= 0.3 is 0 Å². The molecule has 6 heteroatoms. The second-order valence-electron chi connectivity index (χ2n) is 5.86. The summed E-state index contributed by atoms with van der Waals surface area (Å²) in [5, 5.41) is 8.51. The van der Waals surface area contributed by atoms with E-state index in [0.29, 0.717) is 16.3 Å². The molecule has 0 aromatic heterocycles. The van der Waals surface area contributed by atoms with Crippen molar-refractivity contribution in [2.24, 2.45) is 17.0 Å². The van der Waals surface area contributed by atoms with Crippen molar-refractivity contribution in [1.29, 1.82) is 0 Å². The number of rotatable bonds is 4. The average Bonchev–Trinajstić information content (AvgIpc) is 2.35. The lowest BCUT2D eigenvalue weighted by molar-refractivity contribution is 0.421. The molecule has 0 amide bonds. The molecule has 0 radical (unpaired) electrons. The SMILES string of the molecule is CC1=CC(C)CC(CNc2ccc(S(N)(=O)=O)cc2Br)C1. The van der Waals surface area contributed by atoms with E-state index in [0.717, 1.165) is 18.7 Å². The van der Waals surface area contributed by atoms with Gasteiger partial charge < -0.3 is 5.32 Å². The number of nitrogens with one attached hydrogen (secondary N) is 1. The molecule has 1 aliphatic rings. The molecule has 4 nitrogen and oxygen atoms in total. The number of halogens is 1. The van der Waals surface area contributed by atoms with E-state index < -0.39 is 10.0 Å². The van der Waals surface area contributed by atoms with Crippen molar-refractivity contribution in [3.8, 4) is 0 Å². The highest BCUT2D eigenvalue weighted by Crippen LogP contribution is 2.30. The average molecular weight is 373 g/mol. The number of anilines is 1. The summed E-state index contributed by atoms with van der Waals surface area (Å²) in [5.74, 6) is 1.23. The third-order valence-electron chi connectivity index (χ3n) is 3.74. The fourth-order valence-electron chi connectivity index (χ4n) is 2.91. The van der Waals surface area contributed by atoms with Gasteiger partial charge in [-0.25, -0.2) is 13.6 Å². The molecule has 0 saturated carbocycles. The minimum atomic E-state index is -3.66. The summed E-state index contributed by atoms with van der Waals surface area (Å²) in [6, 6.07) is 4.81. The molecule has 1 aromatic rings. The van der Waals surface area contributed by atoms with Crippen molar-refractivity contribution in [3.05, 3.63) is 34.3 Å². The fraction of sp³-hybridized carbons (Fsp3) is 0.467. The lowest BCUT2D eigenvalue weighted by atomic mass is 9.84. The van der Waals surface area contributed by atoms with E-state index in [2.05, 4.69) is 41.2 Å². The lowest BCUT2D eigenvalue weighted by Gasteiger charge is -2.26. The quantitative estimate of drug-likeness (QED) is 0.794. The minimum absolute atomic E-state index is 0.116. The van der Waals surface area contributed by atoms with Gasteiger partial charge in [-0.3, -0.25) is 0 Å². The Bertz CT molecular complexity index is 656. The van der Waals surface area contributed by atoms with Crippen LogP contribution in [0.25, 0.3) is 0 Å². The number of sulfonamides is 1. The zero-order chi connectivity index (χ0) is 15.6. The van der Waals surface area contributed by atoms with E-state index in [-0.39, 0.29) is 4.90 Å². The topological polar surface area (TPSA) is 72.2 Å². The molecular weight excluding hydrogens is 352 g/mol. The third kappa shape index (κ3) is 4.56. The van der Waals surface area contributed by atoms with E-state index in [9.17, 15) is 8.42 Å². The second-order valence-corrected chi connectivity index (χ2v) is 8.28. The fourth-order valence-corrected chi connectivity index (χ4v) is 4.12.